The van der Waals surface area contributed by atoms with E-state index < -0.39 is 0 Å². The molecule has 0 atom stereocenters. The summed E-state index contributed by atoms with van der Waals surface area (Å²) < 4.78 is 12.7. The fourth-order valence-corrected chi connectivity index (χ4v) is 5.91. The molecule has 0 radical (unpaired) electrons. The highest BCUT2D eigenvalue weighted by molar-refractivity contribution is 14.1. The van der Waals surface area contributed by atoms with E-state index in [1.807, 2.05) is 60.7 Å². The Hall–Kier alpha value is -3.30. The summed E-state index contributed by atoms with van der Waals surface area (Å²) in [5.74, 6) is 0.946. The lowest BCUT2D eigenvalue weighted by atomic mass is 10.1. The molecular weight excluding hydrogens is 597 g/mol. The van der Waals surface area contributed by atoms with Gasteiger partial charge in [-0.15, -0.1) is 0 Å². The third-order valence-electron chi connectivity index (χ3n) is 6.14. The molecule has 2 amide bonds. The molecule has 5 rings (SSSR count). The second-order valence-electron chi connectivity index (χ2n) is 8.53. The maximum atomic E-state index is 13.0. The van der Waals surface area contributed by atoms with E-state index in [1.165, 1.54) is 10.3 Å². The zero-order valence-corrected chi connectivity index (χ0v) is 23.1. The number of hydrogen-bond acceptors (Lipinski definition) is 5. The van der Waals surface area contributed by atoms with Crippen LogP contribution in [0.2, 0.25) is 0 Å². The Kier molecular flexibility index (Phi) is 7.81. The van der Waals surface area contributed by atoms with E-state index in [0.717, 1.165) is 37.4 Å². The Morgan fingerprint density at radius 3 is 2.51 bits per heavy atom. The second kappa shape index (κ2) is 11.4. The summed E-state index contributed by atoms with van der Waals surface area (Å²) in [6.45, 7) is 0.751. The number of imide groups is 1. The Morgan fingerprint density at radius 2 is 1.70 bits per heavy atom. The lowest BCUT2D eigenvalue weighted by molar-refractivity contribution is -0.122. The van der Waals surface area contributed by atoms with Gasteiger partial charge in [-0.2, -0.15) is 0 Å². The Labute approximate surface area is 233 Å². The SMILES string of the molecule is COc1cc(/C=C2\SC(=O)N(CCc3ccccc3)C2=O)cc(I)c1OCc1cccc2ccccc12. The van der Waals surface area contributed by atoms with E-state index in [-0.39, 0.29) is 11.1 Å². The minimum atomic E-state index is -0.267. The number of halogens is 1. The van der Waals surface area contributed by atoms with Gasteiger partial charge < -0.3 is 9.47 Å². The van der Waals surface area contributed by atoms with Gasteiger partial charge >= 0.3 is 0 Å². The van der Waals surface area contributed by atoms with Gasteiger partial charge in [0.1, 0.15) is 6.61 Å². The molecule has 4 aromatic carbocycles. The number of thioether (sulfide) groups is 1. The van der Waals surface area contributed by atoms with Crippen LogP contribution in [0.1, 0.15) is 16.7 Å². The lowest BCUT2D eigenvalue weighted by Gasteiger charge is -2.15. The Bertz CT molecular complexity index is 1500. The van der Waals surface area contributed by atoms with Gasteiger partial charge in [0.15, 0.2) is 11.5 Å². The molecule has 0 aliphatic carbocycles. The summed E-state index contributed by atoms with van der Waals surface area (Å²) in [6.07, 6.45) is 2.37. The maximum Gasteiger partial charge on any atom is 0.293 e. The minimum absolute atomic E-state index is 0.246. The van der Waals surface area contributed by atoms with Crippen molar-refractivity contribution < 1.29 is 19.1 Å². The zero-order valence-electron chi connectivity index (χ0n) is 20.1. The summed E-state index contributed by atoms with van der Waals surface area (Å²) in [6, 6.07) is 28.0. The number of carbonyl (C=O) groups excluding carboxylic acids is 2. The number of nitrogens with zero attached hydrogens (tertiary/aromatic N) is 1. The van der Waals surface area contributed by atoms with Crippen LogP contribution in [-0.2, 0) is 17.8 Å². The van der Waals surface area contributed by atoms with E-state index in [2.05, 4.69) is 46.9 Å². The largest absolute Gasteiger partial charge is 0.493 e. The molecule has 1 aliphatic heterocycles. The lowest BCUT2D eigenvalue weighted by Crippen LogP contribution is -2.30. The number of carbonyl (C=O) groups is 2. The first-order valence-electron chi connectivity index (χ1n) is 11.8. The molecular formula is C30H24INO4S. The number of amides is 2. The van der Waals surface area contributed by atoms with Crippen molar-refractivity contribution in [1.82, 2.24) is 4.90 Å². The Balaban J connectivity index is 1.33. The first-order valence-corrected chi connectivity index (χ1v) is 13.7. The van der Waals surface area contributed by atoms with Crippen molar-refractivity contribution in [3.63, 3.8) is 0 Å². The number of benzene rings is 4. The van der Waals surface area contributed by atoms with Crippen molar-refractivity contribution in [3.8, 4) is 11.5 Å². The van der Waals surface area contributed by atoms with E-state index >= 15 is 0 Å². The number of ether oxygens (including phenoxy) is 2. The Morgan fingerprint density at radius 1 is 0.946 bits per heavy atom. The predicted octanol–water partition coefficient (Wildman–Crippen LogP) is 7.31. The van der Waals surface area contributed by atoms with Gasteiger partial charge in [0.05, 0.1) is 15.6 Å². The van der Waals surface area contributed by atoms with Crippen LogP contribution < -0.4 is 9.47 Å². The molecule has 37 heavy (non-hydrogen) atoms. The molecule has 1 aliphatic rings. The van der Waals surface area contributed by atoms with Gasteiger partial charge in [-0.05, 0) is 86.4 Å². The molecule has 0 N–H and O–H groups in total. The van der Waals surface area contributed by atoms with E-state index in [0.29, 0.717) is 36.0 Å². The first-order chi connectivity index (χ1) is 18.0. The average molecular weight is 621 g/mol. The minimum Gasteiger partial charge on any atom is -0.493 e. The fraction of sp³-hybridized carbons (Fsp3) is 0.133. The van der Waals surface area contributed by atoms with Gasteiger partial charge in [-0.1, -0.05) is 72.8 Å². The summed E-state index contributed by atoms with van der Waals surface area (Å²) in [7, 11) is 1.59. The van der Waals surface area contributed by atoms with Crippen LogP contribution in [-0.4, -0.2) is 29.7 Å². The van der Waals surface area contributed by atoms with Crippen LogP contribution in [0.3, 0.4) is 0 Å². The van der Waals surface area contributed by atoms with Crippen LogP contribution in [0, 0.1) is 3.57 Å². The van der Waals surface area contributed by atoms with Gasteiger partial charge in [0.25, 0.3) is 11.1 Å². The highest BCUT2D eigenvalue weighted by atomic mass is 127. The zero-order chi connectivity index (χ0) is 25.8. The topological polar surface area (TPSA) is 55.8 Å². The number of methoxy groups -OCH3 is 1. The summed E-state index contributed by atoms with van der Waals surface area (Å²) >= 11 is 3.18. The van der Waals surface area contributed by atoms with Crippen molar-refractivity contribution in [3.05, 3.63) is 110 Å². The second-order valence-corrected chi connectivity index (χ2v) is 10.7. The third kappa shape index (κ3) is 5.67. The molecule has 4 aromatic rings. The fourth-order valence-electron chi connectivity index (χ4n) is 4.26. The molecule has 5 nitrogen and oxygen atoms in total. The molecule has 1 saturated heterocycles. The summed E-state index contributed by atoms with van der Waals surface area (Å²) in [5, 5.41) is 2.07. The molecule has 0 bridgehead atoms. The average Bonchev–Trinajstić information content (AvgIpc) is 3.18. The van der Waals surface area contributed by atoms with Crippen molar-refractivity contribution in [2.45, 2.75) is 13.0 Å². The number of hydrogen-bond donors (Lipinski definition) is 0. The molecule has 1 fully saturated rings. The standard InChI is InChI=1S/C30H24INO4S/c1-35-26-17-21(18-27-29(33)32(30(34)37-27)15-14-20-8-3-2-4-9-20)16-25(31)28(26)36-19-23-12-7-11-22-10-5-6-13-24(22)23/h2-13,16-18H,14-15,19H2,1H3/b27-18-. The van der Waals surface area contributed by atoms with Gasteiger partial charge in [-0.25, -0.2) is 0 Å². The highest BCUT2D eigenvalue weighted by Crippen LogP contribution is 2.38. The van der Waals surface area contributed by atoms with Crippen molar-refractivity contribution in [2.75, 3.05) is 13.7 Å². The summed E-state index contributed by atoms with van der Waals surface area (Å²) in [4.78, 5) is 27.2. The van der Waals surface area contributed by atoms with E-state index in [1.54, 1.807) is 13.2 Å². The highest BCUT2D eigenvalue weighted by Gasteiger charge is 2.34. The molecule has 0 spiro atoms. The van der Waals surface area contributed by atoms with Gasteiger partial charge in [-0.3, -0.25) is 14.5 Å². The quantitative estimate of drug-likeness (QED) is 0.153. The third-order valence-corrected chi connectivity index (χ3v) is 7.85. The van der Waals surface area contributed by atoms with Crippen LogP contribution >= 0.6 is 34.4 Å². The number of rotatable bonds is 8. The molecule has 0 aromatic heterocycles. The monoisotopic (exact) mass is 621 g/mol. The molecule has 1 heterocycles. The maximum absolute atomic E-state index is 13.0. The summed E-state index contributed by atoms with van der Waals surface area (Å²) in [5.41, 5.74) is 2.94. The van der Waals surface area contributed by atoms with Crippen LogP contribution in [0.25, 0.3) is 16.8 Å². The van der Waals surface area contributed by atoms with Crippen LogP contribution in [0.15, 0.2) is 89.8 Å². The van der Waals surface area contributed by atoms with Gasteiger partial charge in [0.2, 0.25) is 0 Å². The van der Waals surface area contributed by atoms with Gasteiger partial charge in [0, 0.05) is 6.54 Å². The first kappa shape index (κ1) is 25.4. The van der Waals surface area contributed by atoms with Crippen molar-refractivity contribution >= 4 is 62.3 Å². The smallest absolute Gasteiger partial charge is 0.293 e. The van der Waals surface area contributed by atoms with Crippen LogP contribution in [0.4, 0.5) is 4.79 Å². The number of fused-ring (bicyclic) bond motifs is 1. The normalized spacial score (nSPS) is 14.5. The van der Waals surface area contributed by atoms with Crippen molar-refractivity contribution in [2.24, 2.45) is 0 Å². The van der Waals surface area contributed by atoms with Crippen LogP contribution in [0.5, 0.6) is 11.5 Å². The van der Waals surface area contributed by atoms with E-state index in [4.69, 9.17) is 9.47 Å². The molecule has 7 heteroatoms. The van der Waals surface area contributed by atoms with E-state index in [9.17, 15) is 9.59 Å². The molecule has 186 valence electrons. The predicted molar refractivity (Wildman–Crippen MR) is 157 cm³/mol. The molecule has 0 saturated carbocycles. The molecule has 0 unspecified atom stereocenters. The van der Waals surface area contributed by atoms with Crippen molar-refractivity contribution in [1.29, 1.82) is 0 Å².